The molecule has 28 heavy (non-hydrogen) atoms. The second-order valence-corrected chi connectivity index (χ2v) is 9.98. The molecule has 3 rings (SSSR count). The van der Waals surface area contributed by atoms with E-state index in [9.17, 15) is 9.00 Å². The molecule has 2 aromatic rings. The monoisotopic (exact) mass is 421 g/mol. The molecule has 0 bridgehead atoms. The van der Waals surface area contributed by atoms with Crippen molar-refractivity contribution in [1.82, 2.24) is 14.6 Å². The highest BCUT2D eigenvalue weighted by molar-refractivity contribution is 7.85. The third-order valence-electron chi connectivity index (χ3n) is 4.98. The van der Waals surface area contributed by atoms with Crippen LogP contribution in [0.25, 0.3) is 0 Å². The number of nitrogens with zero attached hydrogens (tertiary/aromatic N) is 2. The smallest absolute Gasteiger partial charge is 0.329 e. The lowest BCUT2D eigenvalue weighted by atomic mass is 9.96. The van der Waals surface area contributed by atoms with Gasteiger partial charge in [-0.15, -0.1) is 11.3 Å². The number of hydrogen-bond acceptors (Lipinski definition) is 6. The number of thiazole rings is 1. The average Bonchev–Trinajstić information content (AvgIpc) is 3.01. The predicted octanol–water partition coefficient (Wildman–Crippen LogP) is 3.00. The van der Waals surface area contributed by atoms with E-state index in [0.29, 0.717) is 16.7 Å². The first kappa shape index (κ1) is 21.1. The first-order chi connectivity index (χ1) is 13.3. The number of hydrogen-bond donors (Lipinski definition) is 1. The minimum atomic E-state index is -1.55. The van der Waals surface area contributed by atoms with Gasteiger partial charge in [0.25, 0.3) is 0 Å². The molecule has 0 aliphatic carbocycles. The van der Waals surface area contributed by atoms with Gasteiger partial charge in [-0.1, -0.05) is 37.3 Å². The lowest BCUT2D eigenvalue weighted by Crippen LogP contribution is -2.45. The summed E-state index contributed by atoms with van der Waals surface area (Å²) in [7, 11) is 0.479. The molecule has 1 aliphatic heterocycles. The van der Waals surface area contributed by atoms with Crippen LogP contribution in [-0.4, -0.2) is 46.3 Å². The molecule has 3 unspecified atom stereocenters. The summed E-state index contributed by atoms with van der Waals surface area (Å²) in [6, 6.07) is 8.49. The van der Waals surface area contributed by atoms with Crippen LogP contribution in [-0.2, 0) is 20.5 Å². The first-order valence-corrected chi connectivity index (χ1v) is 11.4. The van der Waals surface area contributed by atoms with Crippen molar-refractivity contribution >= 4 is 28.3 Å². The van der Waals surface area contributed by atoms with Crippen molar-refractivity contribution in [2.45, 2.75) is 43.5 Å². The SMILES string of the molecule is Cc1nc(C)c(S(=O)NC(C(=O)O[C@H]2CN(C)CCC2C)c2ccccc2)s1. The van der Waals surface area contributed by atoms with Gasteiger partial charge in [-0.2, -0.15) is 0 Å². The van der Waals surface area contributed by atoms with Gasteiger partial charge in [-0.25, -0.2) is 18.7 Å². The zero-order chi connectivity index (χ0) is 20.3. The number of ether oxygens (including phenoxy) is 1. The minimum Gasteiger partial charge on any atom is -0.459 e. The zero-order valence-corrected chi connectivity index (χ0v) is 18.3. The van der Waals surface area contributed by atoms with Gasteiger partial charge < -0.3 is 9.64 Å². The summed E-state index contributed by atoms with van der Waals surface area (Å²) in [5, 5.41) is 0.848. The van der Waals surface area contributed by atoms with Gasteiger partial charge in [-0.3, -0.25) is 0 Å². The van der Waals surface area contributed by atoms with Crippen LogP contribution < -0.4 is 4.72 Å². The molecule has 6 nitrogen and oxygen atoms in total. The summed E-state index contributed by atoms with van der Waals surface area (Å²) in [4.78, 5) is 19.6. The Morgan fingerprint density at radius 3 is 2.71 bits per heavy atom. The third kappa shape index (κ3) is 5.05. The van der Waals surface area contributed by atoms with Crippen LogP contribution in [0.3, 0.4) is 0 Å². The van der Waals surface area contributed by atoms with E-state index in [0.717, 1.165) is 29.2 Å². The second kappa shape index (κ2) is 9.26. The van der Waals surface area contributed by atoms with Crippen molar-refractivity contribution in [3.8, 4) is 0 Å². The number of benzene rings is 1. The van der Waals surface area contributed by atoms with Crippen LogP contribution in [0.1, 0.15) is 35.7 Å². The molecular formula is C20H27N3O3S2. The third-order valence-corrected chi connectivity index (χ3v) is 7.64. The fourth-order valence-corrected chi connectivity index (χ4v) is 5.62. The van der Waals surface area contributed by atoms with Crippen molar-refractivity contribution in [2.75, 3.05) is 20.1 Å². The molecule has 1 fully saturated rings. The quantitative estimate of drug-likeness (QED) is 0.726. The summed E-state index contributed by atoms with van der Waals surface area (Å²) in [5.41, 5.74) is 1.45. The summed E-state index contributed by atoms with van der Waals surface area (Å²) in [6.45, 7) is 7.53. The molecule has 1 aromatic heterocycles. The zero-order valence-electron chi connectivity index (χ0n) is 16.7. The Kier molecular flexibility index (Phi) is 6.98. The minimum absolute atomic E-state index is 0.167. The summed E-state index contributed by atoms with van der Waals surface area (Å²) < 4.78 is 22.4. The second-order valence-electron chi connectivity index (χ2n) is 7.34. The van der Waals surface area contributed by atoms with Crippen LogP contribution in [0, 0.1) is 19.8 Å². The van der Waals surface area contributed by atoms with E-state index in [1.54, 1.807) is 0 Å². The van der Waals surface area contributed by atoms with Gasteiger partial charge in [0.1, 0.15) is 27.3 Å². The molecule has 0 saturated carbocycles. The van der Waals surface area contributed by atoms with Crippen molar-refractivity contribution in [3.05, 3.63) is 46.6 Å². The number of nitrogens with one attached hydrogen (secondary N) is 1. The molecule has 152 valence electrons. The van der Waals surface area contributed by atoms with E-state index < -0.39 is 23.0 Å². The number of esters is 1. The highest BCUT2D eigenvalue weighted by Crippen LogP contribution is 2.25. The van der Waals surface area contributed by atoms with Crippen molar-refractivity contribution in [1.29, 1.82) is 0 Å². The van der Waals surface area contributed by atoms with Crippen LogP contribution in [0.15, 0.2) is 34.5 Å². The maximum atomic E-state index is 13.1. The molecule has 4 atom stereocenters. The molecule has 1 N–H and O–H groups in total. The van der Waals surface area contributed by atoms with E-state index in [1.807, 2.05) is 51.2 Å². The van der Waals surface area contributed by atoms with E-state index in [1.165, 1.54) is 11.3 Å². The van der Waals surface area contributed by atoms with Gasteiger partial charge in [0, 0.05) is 6.54 Å². The molecule has 0 radical (unpaired) electrons. The lowest BCUT2D eigenvalue weighted by Gasteiger charge is -2.35. The van der Waals surface area contributed by atoms with Crippen LogP contribution in [0.2, 0.25) is 0 Å². The Morgan fingerprint density at radius 1 is 1.36 bits per heavy atom. The van der Waals surface area contributed by atoms with Crippen LogP contribution in [0.5, 0.6) is 0 Å². The van der Waals surface area contributed by atoms with E-state index in [4.69, 9.17) is 4.74 Å². The fraction of sp³-hybridized carbons (Fsp3) is 0.500. The Hall–Kier alpha value is -1.61. The maximum absolute atomic E-state index is 13.1. The number of carbonyl (C=O) groups is 1. The van der Waals surface area contributed by atoms with Crippen molar-refractivity contribution in [2.24, 2.45) is 5.92 Å². The topological polar surface area (TPSA) is 71.5 Å². The molecule has 2 heterocycles. The first-order valence-electron chi connectivity index (χ1n) is 9.41. The number of aryl methyl sites for hydroxylation is 2. The number of rotatable bonds is 6. The number of carbonyl (C=O) groups excluding carboxylic acids is 1. The standard InChI is InChI=1S/C20H27N3O3S2/c1-13-10-11-23(4)12-17(13)26-19(24)18(16-8-6-5-7-9-16)22-28(25)20-14(2)21-15(3)27-20/h5-9,13,17-18,22H,10-12H2,1-4H3/t13?,17-,18?,28?/m0/s1. The normalized spacial score (nSPS) is 22.6. The van der Waals surface area contributed by atoms with Gasteiger partial charge in [-0.05, 0) is 45.3 Å². The van der Waals surface area contributed by atoms with Gasteiger partial charge >= 0.3 is 5.97 Å². The van der Waals surface area contributed by atoms with Gasteiger partial charge in [0.05, 0.1) is 10.7 Å². The molecule has 8 heteroatoms. The number of likely N-dealkylation sites (tertiary alicyclic amines) is 1. The molecular weight excluding hydrogens is 394 g/mol. The molecule has 1 aliphatic rings. The molecule has 1 aromatic carbocycles. The van der Waals surface area contributed by atoms with E-state index >= 15 is 0 Å². The number of likely N-dealkylation sites (N-methyl/N-ethyl adjacent to an activating group) is 1. The van der Waals surface area contributed by atoms with Gasteiger partial charge in [0.2, 0.25) is 0 Å². The Balaban J connectivity index is 1.80. The molecule has 0 amide bonds. The Bertz CT molecular complexity index is 840. The summed E-state index contributed by atoms with van der Waals surface area (Å²) in [5.74, 6) is -0.0981. The predicted molar refractivity (Wildman–Crippen MR) is 111 cm³/mol. The summed E-state index contributed by atoms with van der Waals surface area (Å²) >= 11 is 1.38. The Morgan fingerprint density at radius 2 is 2.07 bits per heavy atom. The van der Waals surface area contributed by atoms with Crippen LogP contribution >= 0.6 is 11.3 Å². The average molecular weight is 422 g/mol. The van der Waals surface area contributed by atoms with E-state index in [-0.39, 0.29) is 6.10 Å². The lowest BCUT2D eigenvalue weighted by molar-refractivity contribution is -0.156. The highest BCUT2D eigenvalue weighted by Gasteiger charge is 2.32. The fourth-order valence-electron chi connectivity index (χ4n) is 3.30. The van der Waals surface area contributed by atoms with E-state index in [2.05, 4.69) is 21.5 Å². The van der Waals surface area contributed by atoms with Crippen LogP contribution in [0.4, 0.5) is 0 Å². The maximum Gasteiger partial charge on any atom is 0.329 e. The van der Waals surface area contributed by atoms with Crippen molar-refractivity contribution < 1.29 is 13.7 Å². The molecule has 1 saturated heterocycles. The largest absolute Gasteiger partial charge is 0.459 e. The highest BCUT2D eigenvalue weighted by atomic mass is 32.2. The summed E-state index contributed by atoms with van der Waals surface area (Å²) in [6.07, 6.45) is 0.823. The van der Waals surface area contributed by atoms with Gasteiger partial charge in [0.15, 0.2) is 0 Å². The Labute approximate surface area is 172 Å². The molecule has 0 spiro atoms. The van der Waals surface area contributed by atoms with Crippen molar-refractivity contribution in [3.63, 3.8) is 0 Å². The number of piperidine rings is 1. The number of aromatic nitrogens is 1.